The van der Waals surface area contributed by atoms with E-state index in [1.165, 1.54) is 0 Å². The van der Waals surface area contributed by atoms with Crippen LogP contribution in [-0.2, 0) is 0 Å². The summed E-state index contributed by atoms with van der Waals surface area (Å²) in [6.45, 7) is 5.32. The fourth-order valence-electron chi connectivity index (χ4n) is 1.83. The molecule has 1 saturated heterocycles. The molecule has 1 aliphatic heterocycles. The first-order chi connectivity index (χ1) is 5.60. The molecule has 0 N–H and O–H groups in total. The highest BCUT2D eigenvalue weighted by Crippen LogP contribution is 2.34. The molecule has 0 aromatic heterocycles. The third-order valence-electron chi connectivity index (χ3n) is 2.77. The van der Waals surface area contributed by atoms with Gasteiger partial charge in [0.25, 0.3) is 5.92 Å². The Hall–Kier alpha value is -0.180. The molecule has 0 amide bonds. The molecule has 0 unspecified atom stereocenters. The zero-order valence-electron chi connectivity index (χ0n) is 7.82. The van der Waals surface area contributed by atoms with Gasteiger partial charge in [0.05, 0.1) is 6.54 Å². The van der Waals surface area contributed by atoms with E-state index < -0.39 is 5.92 Å². The highest BCUT2D eigenvalue weighted by Gasteiger charge is 2.42. The zero-order valence-corrected chi connectivity index (χ0v) is 7.82. The molecule has 0 aromatic rings. The van der Waals surface area contributed by atoms with Crippen LogP contribution in [0.1, 0.15) is 26.7 Å². The summed E-state index contributed by atoms with van der Waals surface area (Å²) in [6, 6.07) is 0. The second-order valence-electron chi connectivity index (χ2n) is 3.52. The van der Waals surface area contributed by atoms with Gasteiger partial charge in [0.2, 0.25) is 0 Å². The largest absolute Gasteiger partial charge is 0.298 e. The lowest BCUT2D eigenvalue weighted by Gasteiger charge is -2.37. The number of alkyl halides is 2. The lowest BCUT2D eigenvalue weighted by molar-refractivity contribution is -0.110. The van der Waals surface area contributed by atoms with E-state index in [1.54, 1.807) is 0 Å². The molecule has 0 bridgehead atoms. The number of nitrogens with zero attached hydrogens (tertiary/aromatic N) is 1. The second-order valence-corrected chi connectivity index (χ2v) is 3.52. The van der Waals surface area contributed by atoms with Gasteiger partial charge in [0.1, 0.15) is 0 Å². The molecule has 1 atom stereocenters. The zero-order chi connectivity index (χ0) is 9.19. The summed E-state index contributed by atoms with van der Waals surface area (Å²) >= 11 is 0. The SMILES string of the molecule is CC[C@@H]1CCN(CC)CC1(F)F. The van der Waals surface area contributed by atoms with E-state index in [1.807, 2.05) is 18.7 Å². The monoisotopic (exact) mass is 177 g/mol. The first-order valence-corrected chi connectivity index (χ1v) is 4.70. The Bertz CT molecular complexity index is 147. The lowest BCUT2D eigenvalue weighted by Crippen LogP contribution is -2.48. The summed E-state index contributed by atoms with van der Waals surface area (Å²) in [5.41, 5.74) is 0. The maximum Gasteiger partial charge on any atom is 0.263 e. The minimum atomic E-state index is -2.46. The Balaban J connectivity index is 2.54. The fraction of sp³-hybridized carbons (Fsp3) is 1.00. The van der Waals surface area contributed by atoms with Crippen molar-refractivity contribution < 1.29 is 8.78 Å². The van der Waals surface area contributed by atoms with Gasteiger partial charge in [-0.15, -0.1) is 0 Å². The summed E-state index contributed by atoms with van der Waals surface area (Å²) in [7, 11) is 0. The van der Waals surface area contributed by atoms with E-state index in [9.17, 15) is 8.78 Å². The molecule has 1 aliphatic rings. The molecular formula is C9H17F2N. The van der Waals surface area contributed by atoms with Gasteiger partial charge in [-0.05, 0) is 25.9 Å². The molecule has 0 radical (unpaired) electrons. The van der Waals surface area contributed by atoms with Crippen LogP contribution in [0.5, 0.6) is 0 Å². The minimum absolute atomic E-state index is 0.0397. The number of halogens is 2. The summed E-state index contributed by atoms with van der Waals surface area (Å²) < 4.78 is 26.5. The molecule has 0 spiro atoms. The number of hydrogen-bond acceptors (Lipinski definition) is 1. The summed E-state index contributed by atoms with van der Waals surface area (Å²) in [6.07, 6.45) is 1.25. The van der Waals surface area contributed by atoms with Gasteiger partial charge in [0.15, 0.2) is 0 Å². The van der Waals surface area contributed by atoms with Crippen molar-refractivity contribution in [3.8, 4) is 0 Å². The molecule has 1 nitrogen and oxygen atoms in total. The molecule has 1 rings (SSSR count). The van der Waals surface area contributed by atoms with Crippen LogP contribution in [0.2, 0.25) is 0 Å². The van der Waals surface area contributed by atoms with Crippen molar-refractivity contribution in [1.82, 2.24) is 4.90 Å². The van der Waals surface area contributed by atoms with E-state index in [0.717, 1.165) is 13.1 Å². The van der Waals surface area contributed by atoms with Gasteiger partial charge in [-0.25, -0.2) is 8.78 Å². The maximum absolute atomic E-state index is 13.3. The first kappa shape index (κ1) is 9.90. The Morgan fingerprint density at radius 3 is 2.50 bits per heavy atom. The molecule has 0 aliphatic carbocycles. The standard InChI is InChI=1S/C9H17F2N/c1-3-8-5-6-12(4-2)7-9(8,10)11/h8H,3-7H2,1-2H3/t8-/m1/s1. The van der Waals surface area contributed by atoms with Crippen LogP contribution in [0.15, 0.2) is 0 Å². The topological polar surface area (TPSA) is 3.24 Å². The van der Waals surface area contributed by atoms with Gasteiger partial charge in [0, 0.05) is 5.92 Å². The quantitative estimate of drug-likeness (QED) is 0.626. The first-order valence-electron chi connectivity index (χ1n) is 4.70. The lowest BCUT2D eigenvalue weighted by atomic mass is 9.90. The highest BCUT2D eigenvalue weighted by molar-refractivity contribution is 4.85. The van der Waals surface area contributed by atoms with Crippen molar-refractivity contribution in [2.75, 3.05) is 19.6 Å². The van der Waals surface area contributed by atoms with Gasteiger partial charge < -0.3 is 0 Å². The van der Waals surface area contributed by atoms with Gasteiger partial charge in [-0.1, -0.05) is 13.8 Å². The van der Waals surface area contributed by atoms with Crippen LogP contribution in [-0.4, -0.2) is 30.5 Å². The smallest absolute Gasteiger partial charge is 0.263 e. The fourth-order valence-corrected chi connectivity index (χ4v) is 1.83. The second kappa shape index (κ2) is 3.69. The molecule has 1 fully saturated rings. The molecule has 1 heterocycles. The van der Waals surface area contributed by atoms with Crippen LogP contribution in [0.25, 0.3) is 0 Å². The van der Waals surface area contributed by atoms with Crippen LogP contribution in [0.4, 0.5) is 8.78 Å². The van der Waals surface area contributed by atoms with E-state index in [0.29, 0.717) is 12.8 Å². The normalized spacial score (nSPS) is 30.5. The van der Waals surface area contributed by atoms with E-state index >= 15 is 0 Å². The molecule has 0 aromatic carbocycles. The Labute approximate surface area is 72.7 Å². The van der Waals surface area contributed by atoms with Crippen LogP contribution in [0, 0.1) is 5.92 Å². The number of rotatable bonds is 2. The number of piperidine rings is 1. The average molecular weight is 177 g/mol. The summed E-state index contributed by atoms with van der Waals surface area (Å²) in [5.74, 6) is -2.84. The predicted octanol–water partition coefficient (Wildman–Crippen LogP) is 2.37. The average Bonchev–Trinajstić information content (AvgIpc) is 2.02. The molecule has 12 heavy (non-hydrogen) atoms. The van der Waals surface area contributed by atoms with Gasteiger partial charge in [-0.3, -0.25) is 4.90 Å². The Kier molecular flexibility index (Phi) is 3.04. The van der Waals surface area contributed by atoms with Gasteiger partial charge >= 0.3 is 0 Å². The van der Waals surface area contributed by atoms with Crippen molar-refractivity contribution in [1.29, 1.82) is 0 Å². The summed E-state index contributed by atoms with van der Waals surface area (Å²) in [4.78, 5) is 1.83. The number of hydrogen-bond donors (Lipinski definition) is 0. The van der Waals surface area contributed by atoms with Gasteiger partial charge in [-0.2, -0.15) is 0 Å². The van der Waals surface area contributed by atoms with E-state index in [4.69, 9.17) is 0 Å². The van der Waals surface area contributed by atoms with Crippen molar-refractivity contribution in [2.45, 2.75) is 32.6 Å². The van der Waals surface area contributed by atoms with Crippen LogP contribution in [0.3, 0.4) is 0 Å². The van der Waals surface area contributed by atoms with Crippen molar-refractivity contribution >= 4 is 0 Å². The van der Waals surface area contributed by atoms with Crippen molar-refractivity contribution in [3.63, 3.8) is 0 Å². The predicted molar refractivity (Wildman–Crippen MR) is 45.5 cm³/mol. The third kappa shape index (κ3) is 1.94. The Morgan fingerprint density at radius 2 is 2.08 bits per heavy atom. The maximum atomic E-state index is 13.3. The van der Waals surface area contributed by atoms with E-state index in [2.05, 4.69) is 0 Å². The highest BCUT2D eigenvalue weighted by atomic mass is 19.3. The van der Waals surface area contributed by atoms with Crippen LogP contribution >= 0.6 is 0 Å². The van der Waals surface area contributed by atoms with Crippen molar-refractivity contribution in [3.05, 3.63) is 0 Å². The molecule has 3 heteroatoms. The Morgan fingerprint density at radius 1 is 1.42 bits per heavy atom. The van der Waals surface area contributed by atoms with Crippen LogP contribution < -0.4 is 0 Å². The molecular weight excluding hydrogens is 160 g/mol. The number of likely N-dealkylation sites (tertiary alicyclic amines) is 1. The minimum Gasteiger partial charge on any atom is -0.298 e. The van der Waals surface area contributed by atoms with Crippen molar-refractivity contribution in [2.24, 2.45) is 5.92 Å². The van der Waals surface area contributed by atoms with E-state index in [-0.39, 0.29) is 12.5 Å². The molecule has 72 valence electrons. The third-order valence-corrected chi connectivity index (χ3v) is 2.77. The molecule has 0 saturated carbocycles. The summed E-state index contributed by atoms with van der Waals surface area (Å²) in [5, 5.41) is 0.